The van der Waals surface area contributed by atoms with E-state index in [0.29, 0.717) is 0 Å². The molecule has 2 N–H and O–H groups in total. The molecule has 2 nitrogen and oxygen atoms in total. The number of hydrogen-bond donors (Lipinski definition) is 2. The number of β-amino-alcohol motifs (C(OH)–C–C–N with tert-alkyl or cyclic N) is 1. The van der Waals surface area contributed by atoms with Gasteiger partial charge < -0.3 is 10.4 Å². The quantitative estimate of drug-likeness (QED) is 0.818. The molecule has 100 valence electrons. The molecule has 0 radical (unpaired) electrons. The van der Waals surface area contributed by atoms with E-state index in [-0.39, 0.29) is 24.9 Å². The summed E-state index contributed by atoms with van der Waals surface area (Å²) in [5.41, 5.74) is -1.60. The van der Waals surface area contributed by atoms with Gasteiger partial charge in [0, 0.05) is 6.54 Å². The van der Waals surface area contributed by atoms with Crippen LogP contribution in [0.5, 0.6) is 0 Å². The first-order valence-corrected chi connectivity index (χ1v) is 5.59. The van der Waals surface area contributed by atoms with Gasteiger partial charge in [0.1, 0.15) is 11.4 Å². The maximum atomic E-state index is 12.9. The molecule has 1 fully saturated rings. The number of hydrogen-bond acceptors (Lipinski definition) is 2. The molecule has 1 atom stereocenters. The molecule has 0 heterocycles. The van der Waals surface area contributed by atoms with Gasteiger partial charge in [-0.05, 0) is 30.5 Å². The highest BCUT2D eigenvalue weighted by Crippen LogP contribution is 2.49. The number of aliphatic hydroxyl groups is 1. The predicted octanol–water partition coefficient (Wildman–Crippen LogP) is 2.54. The van der Waals surface area contributed by atoms with E-state index in [1.54, 1.807) is 0 Å². The van der Waals surface area contributed by atoms with Gasteiger partial charge in [-0.1, -0.05) is 12.1 Å². The van der Waals surface area contributed by atoms with Crippen LogP contribution in [0.15, 0.2) is 24.3 Å². The summed E-state index contributed by atoms with van der Waals surface area (Å²) in [5, 5.41) is 12.0. The van der Waals surface area contributed by atoms with Crippen LogP contribution < -0.4 is 5.32 Å². The lowest BCUT2D eigenvalue weighted by molar-refractivity contribution is -0.166. The van der Waals surface area contributed by atoms with E-state index in [1.807, 2.05) is 0 Å². The van der Waals surface area contributed by atoms with Gasteiger partial charge in [-0.2, -0.15) is 13.2 Å². The lowest BCUT2D eigenvalue weighted by Crippen LogP contribution is -2.46. The van der Waals surface area contributed by atoms with Crippen molar-refractivity contribution in [1.82, 2.24) is 5.32 Å². The van der Waals surface area contributed by atoms with Crippen LogP contribution in [-0.4, -0.2) is 23.4 Å². The third kappa shape index (κ3) is 2.64. The lowest BCUT2D eigenvalue weighted by atomic mass is 10.1. The van der Waals surface area contributed by atoms with E-state index in [1.165, 1.54) is 18.2 Å². The van der Waals surface area contributed by atoms with Crippen molar-refractivity contribution in [3.05, 3.63) is 35.6 Å². The SMILES string of the molecule is OC(CNC1(C(F)(F)F)CC1)c1cccc(F)c1. The van der Waals surface area contributed by atoms with Crippen molar-refractivity contribution < 1.29 is 22.7 Å². The number of nitrogens with one attached hydrogen (secondary N) is 1. The molecule has 6 heteroatoms. The van der Waals surface area contributed by atoms with Crippen LogP contribution in [0.4, 0.5) is 17.6 Å². The summed E-state index contributed by atoms with van der Waals surface area (Å²) in [7, 11) is 0. The Morgan fingerprint density at radius 2 is 2.00 bits per heavy atom. The molecule has 1 aliphatic carbocycles. The van der Waals surface area contributed by atoms with Gasteiger partial charge in [0.2, 0.25) is 0 Å². The third-order valence-corrected chi connectivity index (χ3v) is 3.16. The smallest absolute Gasteiger partial charge is 0.387 e. The maximum absolute atomic E-state index is 12.9. The summed E-state index contributed by atoms with van der Waals surface area (Å²) in [6.45, 7) is -0.247. The molecule has 1 unspecified atom stereocenters. The first-order valence-electron chi connectivity index (χ1n) is 5.59. The second-order valence-corrected chi connectivity index (χ2v) is 4.53. The van der Waals surface area contributed by atoms with Crippen LogP contribution in [0.2, 0.25) is 0 Å². The molecule has 1 aromatic rings. The Labute approximate surface area is 102 Å². The highest BCUT2D eigenvalue weighted by Gasteiger charge is 2.63. The largest absolute Gasteiger partial charge is 0.406 e. The average molecular weight is 263 g/mol. The van der Waals surface area contributed by atoms with E-state index in [0.717, 1.165) is 6.07 Å². The molecule has 0 aromatic heterocycles. The van der Waals surface area contributed by atoms with Crippen LogP contribution in [-0.2, 0) is 0 Å². The van der Waals surface area contributed by atoms with Crippen molar-refractivity contribution in [2.75, 3.05) is 6.54 Å². The van der Waals surface area contributed by atoms with Gasteiger partial charge in [-0.15, -0.1) is 0 Å². The van der Waals surface area contributed by atoms with Crippen LogP contribution in [0, 0.1) is 5.82 Å². The van der Waals surface area contributed by atoms with Gasteiger partial charge in [-0.25, -0.2) is 4.39 Å². The fourth-order valence-corrected chi connectivity index (χ4v) is 1.81. The molecule has 1 aromatic carbocycles. The molecule has 0 spiro atoms. The standard InChI is InChI=1S/C12H13F4NO/c13-9-3-1-2-8(6-9)10(18)7-17-11(4-5-11)12(14,15)16/h1-3,6,10,17-18H,4-5,7H2. The minimum Gasteiger partial charge on any atom is -0.387 e. The number of benzene rings is 1. The lowest BCUT2D eigenvalue weighted by Gasteiger charge is -2.22. The number of halogens is 4. The van der Waals surface area contributed by atoms with E-state index >= 15 is 0 Å². The Morgan fingerprint density at radius 3 is 2.50 bits per heavy atom. The predicted molar refractivity (Wildman–Crippen MR) is 57.4 cm³/mol. The zero-order valence-electron chi connectivity index (χ0n) is 9.47. The minimum atomic E-state index is -4.31. The van der Waals surface area contributed by atoms with Crippen LogP contribution >= 0.6 is 0 Å². The average Bonchev–Trinajstić information content (AvgIpc) is 3.06. The summed E-state index contributed by atoms with van der Waals surface area (Å²) in [6, 6.07) is 5.20. The van der Waals surface area contributed by atoms with Crippen molar-refractivity contribution in [1.29, 1.82) is 0 Å². The summed E-state index contributed by atoms with van der Waals surface area (Å²) in [6.07, 6.45) is -5.42. The van der Waals surface area contributed by atoms with Crippen LogP contribution in [0.25, 0.3) is 0 Å². The maximum Gasteiger partial charge on any atom is 0.406 e. The Kier molecular flexibility index (Phi) is 3.33. The molecule has 0 aliphatic heterocycles. The highest BCUT2D eigenvalue weighted by molar-refractivity contribution is 5.19. The van der Waals surface area contributed by atoms with E-state index in [2.05, 4.69) is 5.32 Å². The highest BCUT2D eigenvalue weighted by atomic mass is 19.4. The van der Waals surface area contributed by atoms with Crippen molar-refractivity contribution in [3.8, 4) is 0 Å². The Balaban J connectivity index is 1.95. The van der Waals surface area contributed by atoms with Crippen molar-refractivity contribution in [2.24, 2.45) is 0 Å². The zero-order valence-corrected chi connectivity index (χ0v) is 9.47. The molecule has 0 bridgehead atoms. The molecule has 18 heavy (non-hydrogen) atoms. The first-order chi connectivity index (χ1) is 8.34. The van der Waals surface area contributed by atoms with Crippen molar-refractivity contribution in [3.63, 3.8) is 0 Å². The van der Waals surface area contributed by atoms with Crippen molar-refractivity contribution >= 4 is 0 Å². The van der Waals surface area contributed by atoms with E-state index < -0.39 is 23.6 Å². The van der Waals surface area contributed by atoms with E-state index in [9.17, 15) is 22.7 Å². The Hall–Kier alpha value is -1.14. The van der Waals surface area contributed by atoms with E-state index in [4.69, 9.17) is 0 Å². The monoisotopic (exact) mass is 263 g/mol. The number of alkyl halides is 3. The number of aliphatic hydroxyl groups excluding tert-OH is 1. The molecule has 0 amide bonds. The summed E-state index contributed by atoms with van der Waals surface area (Å²) in [4.78, 5) is 0. The van der Waals surface area contributed by atoms with Gasteiger partial charge in [0.05, 0.1) is 6.10 Å². The fraction of sp³-hybridized carbons (Fsp3) is 0.500. The van der Waals surface area contributed by atoms with Gasteiger partial charge in [0.15, 0.2) is 0 Å². The molecule has 0 saturated heterocycles. The zero-order chi connectivity index (χ0) is 13.4. The second kappa shape index (κ2) is 4.51. The molecule has 1 aliphatic rings. The summed E-state index contributed by atoms with van der Waals surface area (Å²) in [5.74, 6) is -0.525. The molecule has 2 rings (SSSR count). The van der Waals surface area contributed by atoms with Crippen LogP contribution in [0.3, 0.4) is 0 Å². The topological polar surface area (TPSA) is 32.3 Å². The second-order valence-electron chi connectivity index (χ2n) is 4.53. The van der Waals surface area contributed by atoms with Gasteiger partial charge >= 0.3 is 6.18 Å². The molecular formula is C12H13F4NO. The first kappa shape index (κ1) is 13.3. The minimum absolute atomic E-state index is 0.0202. The molecular weight excluding hydrogens is 250 g/mol. The molecule has 1 saturated carbocycles. The Bertz CT molecular complexity index is 428. The summed E-state index contributed by atoms with van der Waals surface area (Å²) < 4.78 is 50.7. The van der Waals surface area contributed by atoms with Crippen molar-refractivity contribution in [2.45, 2.75) is 30.7 Å². The normalized spacial score (nSPS) is 19.6. The summed E-state index contributed by atoms with van der Waals surface area (Å²) >= 11 is 0. The Morgan fingerprint density at radius 1 is 1.33 bits per heavy atom. The van der Waals surface area contributed by atoms with Gasteiger partial charge in [0.25, 0.3) is 0 Å². The third-order valence-electron chi connectivity index (χ3n) is 3.16. The van der Waals surface area contributed by atoms with Gasteiger partial charge in [-0.3, -0.25) is 0 Å². The number of rotatable bonds is 4. The van der Waals surface area contributed by atoms with Crippen LogP contribution in [0.1, 0.15) is 24.5 Å². The fourth-order valence-electron chi connectivity index (χ4n) is 1.81.